The van der Waals surface area contributed by atoms with Crippen LogP contribution in [0.5, 0.6) is 5.75 Å². The van der Waals surface area contributed by atoms with E-state index in [0.29, 0.717) is 24.6 Å². The van der Waals surface area contributed by atoms with Gasteiger partial charge in [0, 0.05) is 37.7 Å². The first-order valence-electron chi connectivity index (χ1n) is 7.70. The molecular formula is C16H21ClN2O3. The van der Waals surface area contributed by atoms with Gasteiger partial charge in [-0.2, -0.15) is 0 Å². The number of halogens is 1. The summed E-state index contributed by atoms with van der Waals surface area (Å²) in [5.74, 6) is 0.867. The predicted molar refractivity (Wildman–Crippen MR) is 84.2 cm³/mol. The number of aliphatic hydroxyl groups is 1. The minimum Gasteiger partial charge on any atom is -0.492 e. The number of rotatable bonds is 3. The second-order valence-corrected chi connectivity index (χ2v) is 6.29. The lowest BCUT2D eigenvalue weighted by molar-refractivity contribution is -0.138. The summed E-state index contributed by atoms with van der Waals surface area (Å²) in [4.78, 5) is 16.7. The molecule has 0 aliphatic carbocycles. The van der Waals surface area contributed by atoms with Gasteiger partial charge in [-0.1, -0.05) is 11.6 Å². The maximum absolute atomic E-state index is 12.7. The van der Waals surface area contributed by atoms with E-state index in [1.54, 1.807) is 0 Å². The lowest BCUT2D eigenvalue weighted by Crippen LogP contribution is -2.52. The fraction of sp³-hybridized carbons (Fsp3) is 0.562. The number of ether oxygens (including phenoxy) is 1. The van der Waals surface area contributed by atoms with E-state index in [0.717, 1.165) is 37.5 Å². The Labute approximate surface area is 135 Å². The molecule has 1 atom stereocenters. The summed E-state index contributed by atoms with van der Waals surface area (Å²) in [6.07, 6.45) is 0.686. The van der Waals surface area contributed by atoms with Gasteiger partial charge in [-0.25, -0.2) is 0 Å². The van der Waals surface area contributed by atoms with Crippen LogP contribution in [0.2, 0.25) is 5.02 Å². The first kappa shape index (κ1) is 15.6. The van der Waals surface area contributed by atoms with Gasteiger partial charge in [-0.15, -0.1) is 0 Å². The Morgan fingerprint density at radius 2 is 2.09 bits per heavy atom. The summed E-state index contributed by atoms with van der Waals surface area (Å²) < 4.78 is 5.71. The molecule has 0 radical (unpaired) electrons. The third kappa shape index (κ3) is 3.37. The van der Waals surface area contributed by atoms with Crippen LogP contribution >= 0.6 is 11.6 Å². The number of hydrogen-bond donors (Lipinski definition) is 1. The normalized spacial score (nSPS) is 22.1. The number of piperazine rings is 1. The molecule has 0 unspecified atom stereocenters. The highest BCUT2D eigenvalue weighted by Crippen LogP contribution is 2.30. The van der Waals surface area contributed by atoms with Crippen molar-refractivity contribution in [2.75, 3.05) is 45.9 Å². The number of carbonyl (C=O) groups excluding carboxylic acids is 1. The zero-order valence-electron chi connectivity index (χ0n) is 12.5. The van der Waals surface area contributed by atoms with Crippen molar-refractivity contribution in [2.45, 2.75) is 6.42 Å². The Kier molecular flexibility index (Phi) is 4.86. The van der Waals surface area contributed by atoms with Gasteiger partial charge >= 0.3 is 0 Å². The van der Waals surface area contributed by atoms with Crippen LogP contribution in [-0.4, -0.2) is 66.8 Å². The second-order valence-electron chi connectivity index (χ2n) is 5.85. The molecule has 3 rings (SSSR count). The molecule has 0 saturated carbocycles. The fourth-order valence-electron chi connectivity index (χ4n) is 3.11. The van der Waals surface area contributed by atoms with Crippen LogP contribution in [0.4, 0.5) is 0 Å². The largest absolute Gasteiger partial charge is 0.492 e. The van der Waals surface area contributed by atoms with E-state index in [9.17, 15) is 4.79 Å². The van der Waals surface area contributed by atoms with Gasteiger partial charge in [-0.05, 0) is 30.2 Å². The molecule has 1 aromatic carbocycles. The standard InChI is InChI=1S/C16H21ClN2O3/c17-14-1-2-15-12(10-14)9-13(11-22-15)16(21)19-5-3-18(4-6-19)7-8-20/h1-2,10,13,20H,3-9,11H2/t13-/m1/s1. The highest BCUT2D eigenvalue weighted by Gasteiger charge is 2.31. The summed E-state index contributed by atoms with van der Waals surface area (Å²) in [6, 6.07) is 5.56. The van der Waals surface area contributed by atoms with Crippen molar-refractivity contribution in [3.8, 4) is 5.75 Å². The summed E-state index contributed by atoms with van der Waals surface area (Å²) in [5.41, 5.74) is 1.01. The average Bonchev–Trinajstić information content (AvgIpc) is 2.54. The quantitative estimate of drug-likeness (QED) is 0.902. The van der Waals surface area contributed by atoms with Gasteiger partial charge in [0.1, 0.15) is 12.4 Å². The first-order valence-corrected chi connectivity index (χ1v) is 8.08. The zero-order chi connectivity index (χ0) is 15.5. The Hall–Kier alpha value is -1.30. The lowest BCUT2D eigenvalue weighted by atomic mass is 9.95. The first-order chi connectivity index (χ1) is 10.7. The number of aliphatic hydroxyl groups excluding tert-OH is 1. The molecule has 2 aliphatic rings. The van der Waals surface area contributed by atoms with Crippen LogP contribution in [-0.2, 0) is 11.2 Å². The van der Waals surface area contributed by atoms with Gasteiger partial charge in [0.2, 0.25) is 5.91 Å². The minimum absolute atomic E-state index is 0.129. The zero-order valence-corrected chi connectivity index (χ0v) is 13.3. The van der Waals surface area contributed by atoms with E-state index in [4.69, 9.17) is 21.4 Å². The van der Waals surface area contributed by atoms with E-state index >= 15 is 0 Å². The number of nitrogens with zero attached hydrogens (tertiary/aromatic N) is 2. The monoisotopic (exact) mass is 324 g/mol. The number of fused-ring (bicyclic) bond motifs is 1. The number of β-amino-alcohol motifs (C(OH)–C–C–N with tert-alkyl or cyclic N) is 1. The van der Waals surface area contributed by atoms with Crippen molar-refractivity contribution in [1.82, 2.24) is 9.80 Å². The number of amides is 1. The molecule has 6 heteroatoms. The van der Waals surface area contributed by atoms with Gasteiger partial charge in [-0.3, -0.25) is 9.69 Å². The highest BCUT2D eigenvalue weighted by atomic mass is 35.5. The van der Waals surface area contributed by atoms with Crippen molar-refractivity contribution >= 4 is 17.5 Å². The maximum atomic E-state index is 12.7. The SMILES string of the molecule is O=C([C@H]1COc2ccc(Cl)cc2C1)N1CCN(CCO)CC1. The Morgan fingerprint density at radius 1 is 1.32 bits per heavy atom. The molecular weight excluding hydrogens is 304 g/mol. The van der Waals surface area contributed by atoms with Crippen molar-refractivity contribution in [2.24, 2.45) is 5.92 Å². The van der Waals surface area contributed by atoms with Crippen LogP contribution in [0.3, 0.4) is 0 Å². The Morgan fingerprint density at radius 3 is 2.82 bits per heavy atom. The van der Waals surface area contributed by atoms with Crippen LogP contribution in [0.1, 0.15) is 5.56 Å². The highest BCUT2D eigenvalue weighted by molar-refractivity contribution is 6.30. The smallest absolute Gasteiger partial charge is 0.229 e. The molecule has 120 valence electrons. The summed E-state index contributed by atoms with van der Waals surface area (Å²) in [5, 5.41) is 9.64. The lowest BCUT2D eigenvalue weighted by Gasteiger charge is -2.37. The van der Waals surface area contributed by atoms with Gasteiger partial charge < -0.3 is 14.7 Å². The van der Waals surface area contributed by atoms with Crippen LogP contribution in [0, 0.1) is 5.92 Å². The molecule has 0 spiro atoms. The molecule has 22 heavy (non-hydrogen) atoms. The summed E-state index contributed by atoms with van der Waals surface area (Å²) in [7, 11) is 0. The Bertz CT molecular complexity index is 544. The average molecular weight is 325 g/mol. The van der Waals surface area contributed by atoms with Crippen LogP contribution < -0.4 is 4.74 Å². The van der Waals surface area contributed by atoms with Crippen LogP contribution in [0.15, 0.2) is 18.2 Å². The number of benzene rings is 1. The van der Waals surface area contributed by atoms with E-state index in [1.165, 1.54) is 0 Å². The second kappa shape index (κ2) is 6.86. The predicted octanol–water partition coefficient (Wildman–Crippen LogP) is 1.03. The summed E-state index contributed by atoms with van der Waals surface area (Å²) >= 11 is 6.02. The molecule has 5 nitrogen and oxygen atoms in total. The van der Waals surface area contributed by atoms with Crippen molar-refractivity contribution < 1.29 is 14.6 Å². The summed E-state index contributed by atoms with van der Waals surface area (Å²) in [6.45, 7) is 4.37. The van der Waals surface area contributed by atoms with Crippen LogP contribution in [0.25, 0.3) is 0 Å². The van der Waals surface area contributed by atoms with E-state index < -0.39 is 0 Å². The topological polar surface area (TPSA) is 53.0 Å². The maximum Gasteiger partial charge on any atom is 0.229 e. The van der Waals surface area contributed by atoms with Gasteiger partial charge in [0.05, 0.1) is 12.5 Å². The molecule has 1 N–H and O–H groups in total. The molecule has 2 aliphatic heterocycles. The van der Waals surface area contributed by atoms with Gasteiger partial charge in [0.25, 0.3) is 0 Å². The molecule has 0 bridgehead atoms. The molecule has 2 heterocycles. The third-order valence-corrected chi connectivity index (χ3v) is 4.61. The number of carbonyl (C=O) groups is 1. The Balaban J connectivity index is 1.60. The van der Waals surface area contributed by atoms with Crippen molar-refractivity contribution in [3.63, 3.8) is 0 Å². The van der Waals surface area contributed by atoms with E-state index in [1.807, 2.05) is 23.1 Å². The van der Waals surface area contributed by atoms with E-state index in [-0.39, 0.29) is 18.4 Å². The molecule has 1 saturated heterocycles. The minimum atomic E-state index is -0.129. The molecule has 1 fully saturated rings. The number of hydrogen-bond acceptors (Lipinski definition) is 4. The molecule has 1 aromatic rings. The van der Waals surface area contributed by atoms with Crippen molar-refractivity contribution in [1.29, 1.82) is 0 Å². The fourth-order valence-corrected chi connectivity index (χ4v) is 3.31. The van der Waals surface area contributed by atoms with Crippen molar-refractivity contribution in [3.05, 3.63) is 28.8 Å². The van der Waals surface area contributed by atoms with Gasteiger partial charge in [0.15, 0.2) is 0 Å². The third-order valence-electron chi connectivity index (χ3n) is 4.38. The molecule has 0 aromatic heterocycles. The van der Waals surface area contributed by atoms with E-state index in [2.05, 4.69) is 4.90 Å². The molecule has 1 amide bonds.